The third kappa shape index (κ3) is 3.08. The Hall–Kier alpha value is -1.79. The van der Waals surface area contributed by atoms with Crippen molar-refractivity contribution in [2.45, 2.75) is 13.8 Å². The molecular formula is C17H23ClN2O4. The van der Waals surface area contributed by atoms with Crippen molar-refractivity contribution in [1.82, 2.24) is 10.2 Å². The minimum Gasteiger partial charge on any atom is -0.492 e. The molecule has 0 saturated carbocycles. The highest BCUT2D eigenvalue weighted by atomic mass is 35.5. The number of carbonyl (C=O) groups excluding carboxylic acids is 1. The number of amides is 1. The van der Waals surface area contributed by atoms with E-state index >= 15 is 0 Å². The summed E-state index contributed by atoms with van der Waals surface area (Å²) in [5, 5.41) is 12.6. The van der Waals surface area contributed by atoms with E-state index < -0.39 is 17.3 Å². The number of carboxylic acid groups (broad SMARTS) is 1. The molecule has 2 aliphatic heterocycles. The third-order valence-corrected chi connectivity index (χ3v) is 5.07. The molecule has 6 nitrogen and oxygen atoms in total. The second-order valence-electron chi connectivity index (χ2n) is 6.50. The number of carbonyl (C=O) groups is 2. The molecule has 0 spiro atoms. The maximum absolute atomic E-state index is 12.4. The predicted octanol–water partition coefficient (Wildman–Crippen LogP) is 1.24. The number of aliphatic carboxylic acids is 1. The Bertz CT molecular complexity index is 651. The van der Waals surface area contributed by atoms with Crippen molar-refractivity contribution in [1.29, 1.82) is 0 Å². The van der Waals surface area contributed by atoms with E-state index in [0.717, 1.165) is 11.3 Å². The average Bonchev–Trinajstić information content (AvgIpc) is 3.04. The van der Waals surface area contributed by atoms with Gasteiger partial charge in [0, 0.05) is 19.6 Å². The second kappa shape index (κ2) is 6.99. The van der Waals surface area contributed by atoms with Crippen LogP contribution in [-0.2, 0) is 9.59 Å². The lowest BCUT2D eigenvalue weighted by Crippen LogP contribution is -2.40. The number of likely N-dealkylation sites (tertiary alicyclic amines) is 1. The Morgan fingerprint density at radius 3 is 2.79 bits per heavy atom. The lowest BCUT2D eigenvalue weighted by Gasteiger charge is -2.22. The Balaban J connectivity index is 0.00000208. The molecule has 2 atom stereocenters. The molecule has 0 aliphatic carbocycles. The van der Waals surface area contributed by atoms with Crippen molar-refractivity contribution in [3.8, 4) is 5.75 Å². The summed E-state index contributed by atoms with van der Waals surface area (Å²) < 4.78 is 5.71. The highest BCUT2D eigenvalue weighted by Crippen LogP contribution is 2.40. The van der Waals surface area contributed by atoms with Crippen LogP contribution in [0.25, 0.3) is 0 Å². The normalized spacial score (nSPS) is 25.3. The van der Waals surface area contributed by atoms with Gasteiger partial charge in [-0.15, -0.1) is 12.4 Å². The number of aryl methyl sites for hydroxylation is 2. The van der Waals surface area contributed by atoms with Crippen molar-refractivity contribution in [2.75, 3.05) is 32.8 Å². The number of ether oxygens (including phenoxy) is 1. The number of carboxylic acids is 1. The van der Waals surface area contributed by atoms with E-state index in [1.165, 1.54) is 5.56 Å². The van der Waals surface area contributed by atoms with Crippen LogP contribution < -0.4 is 10.1 Å². The van der Waals surface area contributed by atoms with E-state index in [2.05, 4.69) is 5.32 Å². The van der Waals surface area contributed by atoms with E-state index in [1.54, 1.807) is 4.90 Å². The van der Waals surface area contributed by atoms with Crippen LogP contribution in [0.5, 0.6) is 5.75 Å². The van der Waals surface area contributed by atoms with Gasteiger partial charge in [-0.2, -0.15) is 0 Å². The summed E-state index contributed by atoms with van der Waals surface area (Å²) in [5.41, 5.74) is 1.39. The number of fused-ring (bicyclic) bond motifs is 1. The van der Waals surface area contributed by atoms with Crippen LogP contribution in [0.15, 0.2) is 18.2 Å². The number of rotatable bonds is 5. The monoisotopic (exact) mass is 354 g/mol. The van der Waals surface area contributed by atoms with Gasteiger partial charge < -0.3 is 20.1 Å². The SMILES string of the molecule is Cc1ccc(OCCN2C[C@@]3(C(=O)O)CNC[C@H]3C2=O)cc1C.Cl. The first kappa shape index (κ1) is 18.5. The molecule has 1 amide bonds. The highest BCUT2D eigenvalue weighted by molar-refractivity contribution is 5.92. The molecule has 1 aromatic rings. The molecule has 0 unspecified atom stereocenters. The fourth-order valence-electron chi connectivity index (χ4n) is 3.45. The van der Waals surface area contributed by atoms with Crippen LogP contribution in [0.4, 0.5) is 0 Å². The quantitative estimate of drug-likeness (QED) is 0.831. The molecule has 0 bridgehead atoms. The van der Waals surface area contributed by atoms with Gasteiger partial charge in [-0.25, -0.2) is 0 Å². The lowest BCUT2D eigenvalue weighted by molar-refractivity contribution is -0.149. The van der Waals surface area contributed by atoms with Crippen LogP contribution >= 0.6 is 12.4 Å². The van der Waals surface area contributed by atoms with Crippen molar-refractivity contribution < 1.29 is 19.4 Å². The average molecular weight is 355 g/mol. The maximum Gasteiger partial charge on any atom is 0.313 e. The topological polar surface area (TPSA) is 78.9 Å². The lowest BCUT2D eigenvalue weighted by atomic mass is 9.81. The Morgan fingerprint density at radius 2 is 2.17 bits per heavy atom. The molecule has 2 heterocycles. The number of hydrogen-bond acceptors (Lipinski definition) is 4. The summed E-state index contributed by atoms with van der Waals surface area (Å²) >= 11 is 0. The summed E-state index contributed by atoms with van der Waals surface area (Å²) in [4.78, 5) is 25.6. The summed E-state index contributed by atoms with van der Waals surface area (Å²) in [6.07, 6.45) is 0. The van der Waals surface area contributed by atoms with Crippen LogP contribution in [0, 0.1) is 25.2 Å². The van der Waals surface area contributed by atoms with Crippen LogP contribution in [-0.4, -0.2) is 54.7 Å². The molecule has 3 rings (SSSR count). The summed E-state index contributed by atoms with van der Waals surface area (Å²) in [6.45, 7) is 5.90. The van der Waals surface area contributed by atoms with Gasteiger partial charge in [0.25, 0.3) is 0 Å². The van der Waals surface area contributed by atoms with Gasteiger partial charge in [0.15, 0.2) is 0 Å². The van der Waals surface area contributed by atoms with Gasteiger partial charge >= 0.3 is 5.97 Å². The zero-order chi connectivity index (χ0) is 16.6. The first-order chi connectivity index (χ1) is 10.9. The molecule has 7 heteroatoms. The molecule has 2 aliphatic rings. The second-order valence-corrected chi connectivity index (χ2v) is 6.50. The summed E-state index contributed by atoms with van der Waals surface area (Å²) in [5.74, 6) is -0.657. The van der Waals surface area contributed by atoms with Gasteiger partial charge in [-0.1, -0.05) is 6.07 Å². The standard InChI is InChI=1S/C17H22N2O4.ClH/c1-11-3-4-13(7-12(11)2)23-6-5-19-10-17(16(21)22)9-18-8-14(17)15(19)20;/h3-4,7,14,18H,5-6,8-10H2,1-2H3,(H,21,22);1H/t14-,17-;/m0./s1. The van der Waals surface area contributed by atoms with Crippen molar-refractivity contribution in [2.24, 2.45) is 11.3 Å². The van der Waals surface area contributed by atoms with Gasteiger partial charge in [-0.3, -0.25) is 9.59 Å². The zero-order valence-corrected chi connectivity index (χ0v) is 14.7. The first-order valence-electron chi connectivity index (χ1n) is 7.87. The number of benzene rings is 1. The molecule has 132 valence electrons. The van der Waals surface area contributed by atoms with Gasteiger partial charge in [0.05, 0.1) is 12.5 Å². The molecule has 2 saturated heterocycles. The molecule has 24 heavy (non-hydrogen) atoms. The van der Waals surface area contributed by atoms with Crippen LogP contribution in [0.2, 0.25) is 0 Å². The first-order valence-corrected chi connectivity index (χ1v) is 7.87. The fraction of sp³-hybridized carbons (Fsp3) is 0.529. The number of nitrogens with one attached hydrogen (secondary N) is 1. The van der Waals surface area contributed by atoms with Crippen molar-refractivity contribution in [3.05, 3.63) is 29.3 Å². The predicted molar refractivity (Wildman–Crippen MR) is 91.7 cm³/mol. The van der Waals surface area contributed by atoms with Gasteiger partial charge in [0.1, 0.15) is 17.8 Å². The van der Waals surface area contributed by atoms with Gasteiger partial charge in [0.2, 0.25) is 5.91 Å². The highest BCUT2D eigenvalue weighted by Gasteiger charge is 2.59. The summed E-state index contributed by atoms with van der Waals surface area (Å²) in [7, 11) is 0. The Kier molecular flexibility index (Phi) is 5.40. The summed E-state index contributed by atoms with van der Waals surface area (Å²) in [6, 6.07) is 5.88. The smallest absolute Gasteiger partial charge is 0.313 e. The number of nitrogens with zero attached hydrogens (tertiary/aromatic N) is 1. The molecule has 0 radical (unpaired) electrons. The zero-order valence-electron chi connectivity index (χ0n) is 13.9. The Labute approximate surface area is 147 Å². The van der Waals surface area contributed by atoms with E-state index in [-0.39, 0.29) is 24.9 Å². The van der Waals surface area contributed by atoms with Crippen molar-refractivity contribution >= 4 is 24.3 Å². The Morgan fingerprint density at radius 1 is 1.42 bits per heavy atom. The molecular weight excluding hydrogens is 332 g/mol. The fourth-order valence-corrected chi connectivity index (χ4v) is 3.45. The van der Waals surface area contributed by atoms with E-state index in [1.807, 2.05) is 32.0 Å². The maximum atomic E-state index is 12.4. The van der Waals surface area contributed by atoms with E-state index in [9.17, 15) is 14.7 Å². The van der Waals surface area contributed by atoms with Crippen LogP contribution in [0.3, 0.4) is 0 Å². The van der Waals surface area contributed by atoms with Crippen LogP contribution in [0.1, 0.15) is 11.1 Å². The number of hydrogen-bond donors (Lipinski definition) is 2. The number of halogens is 1. The largest absolute Gasteiger partial charge is 0.492 e. The molecule has 0 aromatic heterocycles. The third-order valence-electron chi connectivity index (χ3n) is 5.07. The van der Waals surface area contributed by atoms with E-state index in [4.69, 9.17) is 4.74 Å². The van der Waals surface area contributed by atoms with E-state index in [0.29, 0.717) is 26.2 Å². The van der Waals surface area contributed by atoms with Crippen molar-refractivity contribution in [3.63, 3.8) is 0 Å². The molecule has 1 aromatic carbocycles. The molecule has 2 N–H and O–H groups in total. The molecule has 2 fully saturated rings. The minimum atomic E-state index is -0.975. The minimum absolute atomic E-state index is 0. The van der Waals surface area contributed by atoms with Gasteiger partial charge in [-0.05, 0) is 37.1 Å².